The van der Waals surface area contributed by atoms with Crippen LogP contribution in [0.15, 0.2) is 0 Å². The Labute approximate surface area is 109 Å². The van der Waals surface area contributed by atoms with E-state index in [4.69, 9.17) is 0 Å². The lowest BCUT2D eigenvalue weighted by Crippen LogP contribution is -2.34. The molecule has 0 spiro atoms. The lowest BCUT2D eigenvalue weighted by atomic mass is 10.2. The molecule has 0 fully saturated rings. The van der Waals surface area contributed by atoms with Crippen molar-refractivity contribution < 1.29 is 0 Å². The highest BCUT2D eigenvalue weighted by molar-refractivity contribution is 7.09. The van der Waals surface area contributed by atoms with Crippen LogP contribution in [0.25, 0.3) is 0 Å². The number of anilines is 1. The second kappa shape index (κ2) is 6.91. The Hall–Kier alpha value is -0.680. The van der Waals surface area contributed by atoms with E-state index in [-0.39, 0.29) is 0 Å². The van der Waals surface area contributed by atoms with E-state index in [2.05, 4.69) is 54.2 Å². The van der Waals surface area contributed by atoms with Gasteiger partial charge in [-0.15, -0.1) is 0 Å². The van der Waals surface area contributed by atoms with Crippen LogP contribution in [0.1, 0.15) is 46.4 Å². The summed E-state index contributed by atoms with van der Waals surface area (Å²) in [6.07, 6.45) is 0. The summed E-state index contributed by atoms with van der Waals surface area (Å²) in [6, 6.07) is 0.405. The molecule has 98 valence electrons. The maximum atomic E-state index is 4.49. The third-order valence-corrected chi connectivity index (χ3v) is 3.41. The van der Waals surface area contributed by atoms with Gasteiger partial charge in [-0.25, -0.2) is 4.98 Å². The van der Waals surface area contributed by atoms with Gasteiger partial charge in [0.2, 0.25) is 5.13 Å². The van der Waals surface area contributed by atoms with Gasteiger partial charge in [-0.05, 0) is 20.0 Å². The van der Waals surface area contributed by atoms with Crippen molar-refractivity contribution >= 4 is 16.7 Å². The number of nitrogens with zero attached hydrogens (tertiary/aromatic N) is 3. The molecule has 0 aromatic carbocycles. The summed E-state index contributed by atoms with van der Waals surface area (Å²) in [6.45, 7) is 14.0. The van der Waals surface area contributed by atoms with Crippen LogP contribution in [0, 0.1) is 0 Å². The molecule has 17 heavy (non-hydrogen) atoms. The van der Waals surface area contributed by atoms with Crippen LogP contribution in [-0.4, -0.2) is 39.9 Å². The van der Waals surface area contributed by atoms with E-state index in [0.717, 1.165) is 30.6 Å². The molecule has 0 saturated heterocycles. The van der Waals surface area contributed by atoms with E-state index in [9.17, 15) is 0 Å². The largest absolute Gasteiger partial charge is 0.357 e. The van der Waals surface area contributed by atoms with Gasteiger partial charge < -0.3 is 10.2 Å². The van der Waals surface area contributed by atoms with Gasteiger partial charge in [0.25, 0.3) is 0 Å². The van der Waals surface area contributed by atoms with Crippen molar-refractivity contribution in [2.45, 2.75) is 46.6 Å². The highest BCUT2D eigenvalue weighted by Gasteiger charge is 2.11. The summed E-state index contributed by atoms with van der Waals surface area (Å²) in [5.41, 5.74) is 0. The van der Waals surface area contributed by atoms with E-state index in [1.54, 1.807) is 0 Å². The Morgan fingerprint density at radius 1 is 1.24 bits per heavy atom. The van der Waals surface area contributed by atoms with Gasteiger partial charge in [-0.1, -0.05) is 27.7 Å². The maximum Gasteiger partial charge on any atom is 0.202 e. The third kappa shape index (κ3) is 4.60. The Bertz CT molecular complexity index is 320. The number of aromatic nitrogens is 2. The van der Waals surface area contributed by atoms with Gasteiger partial charge in [-0.2, -0.15) is 4.37 Å². The molecule has 0 saturated carbocycles. The Kier molecular flexibility index (Phi) is 5.85. The lowest BCUT2D eigenvalue weighted by molar-refractivity contribution is 0.295. The van der Waals surface area contributed by atoms with Crippen molar-refractivity contribution in [3.63, 3.8) is 0 Å². The van der Waals surface area contributed by atoms with Crippen LogP contribution >= 0.6 is 11.5 Å². The van der Waals surface area contributed by atoms with Crippen LogP contribution in [0.4, 0.5) is 5.13 Å². The van der Waals surface area contributed by atoms with Crippen molar-refractivity contribution in [2.75, 3.05) is 25.0 Å². The van der Waals surface area contributed by atoms with Crippen LogP contribution < -0.4 is 5.32 Å². The van der Waals surface area contributed by atoms with Gasteiger partial charge in [-0.3, -0.25) is 0 Å². The smallest absolute Gasteiger partial charge is 0.202 e. The topological polar surface area (TPSA) is 41.0 Å². The van der Waals surface area contributed by atoms with Crippen molar-refractivity contribution in [2.24, 2.45) is 0 Å². The number of likely N-dealkylation sites (N-methyl/N-ethyl adjacent to an activating group) is 1. The van der Waals surface area contributed by atoms with E-state index >= 15 is 0 Å². The fourth-order valence-corrected chi connectivity index (χ4v) is 2.47. The minimum absolute atomic E-state index is 0.403. The van der Waals surface area contributed by atoms with E-state index in [1.807, 2.05) is 0 Å². The summed E-state index contributed by atoms with van der Waals surface area (Å²) in [7, 11) is 0. The molecular weight excluding hydrogens is 232 g/mol. The monoisotopic (exact) mass is 256 g/mol. The second-order valence-electron chi connectivity index (χ2n) is 4.64. The number of nitrogens with one attached hydrogen (secondary N) is 1. The molecule has 0 radical (unpaired) electrons. The SMILES string of the molecule is CCN(CC)CC(C)Nc1nc(C(C)C)ns1. The average molecular weight is 256 g/mol. The zero-order valence-corrected chi connectivity index (χ0v) is 12.3. The van der Waals surface area contributed by atoms with Crippen molar-refractivity contribution in [3.8, 4) is 0 Å². The first-order valence-corrected chi connectivity index (χ1v) is 7.16. The highest BCUT2D eigenvalue weighted by atomic mass is 32.1. The van der Waals surface area contributed by atoms with Gasteiger partial charge in [0.1, 0.15) is 5.82 Å². The predicted molar refractivity (Wildman–Crippen MR) is 74.9 cm³/mol. The molecule has 0 aliphatic rings. The minimum Gasteiger partial charge on any atom is -0.357 e. The van der Waals surface area contributed by atoms with E-state index in [1.165, 1.54) is 11.5 Å². The summed E-state index contributed by atoms with van der Waals surface area (Å²) in [5.74, 6) is 1.34. The molecule has 1 heterocycles. The molecule has 1 N–H and O–H groups in total. The lowest BCUT2D eigenvalue weighted by Gasteiger charge is -2.22. The first-order valence-electron chi connectivity index (χ1n) is 6.39. The average Bonchev–Trinajstić information content (AvgIpc) is 2.74. The van der Waals surface area contributed by atoms with Crippen molar-refractivity contribution in [3.05, 3.63) is 5.82 Å². The van der Waals surface area contributed by atoms with E-state index in [0.29, 0.717) is 12.0 Å². The summed E-state index contributed by atoms with van der Waals surface area (Å²) in [5, 5.41) is 4.36. The zero-order chi connectivity index (χ0) is 12.8. The van der Waals surface area contributed by atoms with Crippen LogP contribution in [0.3, 0.4) is 0 Å². The maximum absolute atomic E-state index is 4.49. The van der Waals surface area contributed by atoms with Gasteiger partial charge in [0.15, 0.2) is 0 Å². The molecule has 0 bridgehead atoms. The summed E-state index contributed by atoms with van der Waals surface area (Å²) in [4.78, 5) is 6.89. The van der Waals surface area contributed by atoms with Gasteiger partial charge in [0, 0.05) is 30.0 Å². The first-order chi connectivity index (χ1) is 8.06. The standard InChI is InChI=1S/C12H24N4S/c1-6-16(7-2)8-10(5)13-12-14-11(9(3)4)15-17-12/h9-10H,6-8H2,1-5H3,(H,13,14,15). The molecule has 0 aliphatic carbocycles. The summed E-state index contributed by atoms with van der Waals surface area (Å²) < 4.78 is 4.34. The first kappa shape index (κ1) is 14.4. The number of hydrogen-bond donors (Lipinski definition) is 1. The predicted octanol–water partition coefficient (Wildman–Crippen LogP) is 2.80. The van der Waals surface area contributed by atoms with E-state index < -0.39 is 0 Å². The molecule has 5 heteroatoms. The second-order valence-corrected chi connectivity index (χ2v) is 5.40. The van der Waals surface area contributed by atoms with Crippen LogP contribution in [-0.2, 0) is 0 Å². The Morgan fingerprint density at radius 2 is 1.88 bits per heavy atom. The molecular formula is C12H24N4S. The van der Waals surface area contributed by atoms with Crippen LogP contribution in [0.2, 0.25) is 0 Å². The Morgan fingerprint density at radius 3 is 2.35 bits per heavy atom. The summed E-state index contributed by atoms with van der Waals surface area (Å²) >= 11 is 1.46. The normalized spacial score (nSPS) is 13.4. The minimum atomic E-state index is 0.403. The quantitative estimate of drug-likeness (QED) is 0.814. The zero-order valence-electron chi connectivity index (χ0n) is 11.5. The Balaban J connectivity index is 2.46. The van der Waals surface area contributed by atoms with Crippen LogP contribution in [0.5, 0.6) is 0 Å². The molecule has 4 nitrogen and oxygen atoms in total. The molecule has 0 amide bonds. The van der Waals surface area contributed by atoms with Gasteiger partial charge in [0.05, 0.1) is 0 Å². The fraction of sp³-hybridized carbons (Fsp3) is 0.833. The van der Waals surface area contributed by atoms with Gasteiger partial charge >= 0.3 is 0 Å². The highest BCUT2D eigenvalue weighted by Crippen LogP contribution is 2.18. The molecule has 1 aromatic heterocycles. The number of rotatable bonds is 7. The molecule has 1 atom stereocenters. The fourth-order valence-electron chi connectivity index (χ4n) is 1.65. The molecule has 1 unspecified atom stereocenters. The van der Waals surface area contributed by atoms with Crippen molar-refractivity contribution in [1.82, 2.24) is 14.3 Å². The molecule has 1 aromatic rings. The van der Waals surface area contributed by atoms with Crippen molar-refractivity contribution in [1.29, 1.82) is 0 Å². The molecule has 1 rings (SSSR count). The third-order valence-electron chi connectivity index (χ3n) is 2.75. The molecule has 0 aliphatic heterocycles. The number of hydrogen-bond acceptors (Lipinski definition) is 5.